The number of aliphatic hydroxyl groups is 4. The molecule has 0 radical (unpaired) electrons. The third-order valence-electron chi connectivity index (χ3n) is 4.75. The number of rotatable bonds is 2. The fraction of sp³-hybridized carbons (Fsp3) is 0.235. The van der Waals surface area contributed by atoms with Gasteiger partial charge in [-0.2, -0.15) is 0 Å². The molecule has 8 heteroatoms. The van der Waals surface area contributed by atoms with Crippen molar-refractivity contribution in [1.82, 2.24) is 0 Å². The minimum Gasteiger partial charge on any atom is -0.511 e. The Balaban J connectivity index is 2.11. The summed E-state index contributed by atoms with van der Waals surface area (Å²) in [7, 11) is 0. The van der Waals surface area contributed by atoms with Crippen LogP contribution in [0.5, 0.6) is 17.2 Å². The SMILES string of the molecule is CC1(C2C(=O)C(c3c(O)cc(O)cc3O)=C2O)C(O)=CC(O)=CC1O. The minimum absolute atomic E-state index is 0.354. The number of benzene rings is 1. The van der Waals surface area contributed by atoms with Crippen molar-refractivity contribution in [3.63, 3.8) is 0 Å². The third-order valence-corrected chi connectivity index (χ3v) is 4.75. The lowest BCUT2D eigenvalue weighted by molar-refractivity contribution is -0.126. The maximum absolute atomic E-state index is 12.6. The van der Waals surface area contributed by atoms with Crippen molar-refractivity contribution >= 4 is 11.4 Å². The summed E-state index contributed by atoms with van der Waals surface area (Å²) in [6, 6.07) is 1.79. The number of allylic oxidation sites excluding steroid dienone is 3. The highest BCUT2D eigenvalue weighted by molar-refractivity contribution is 6.31. The number of hydrogen-bond acceptors (Lipinski definition) is 8. The van der Waals surface area contributed by atoms with E-state index in [0.717, 1.165) is 24.3 Å². The first kappa shape index (κ1) is 16.7. The average molecular weight is 348 g/mol. The highest BCUT2D eigenvalue weighted by Crippen LogP contribution is 2.54. The van der Waals surface area contributed by atoms with Gasteiger partial charge in [-0.25, -0.2) is 0 Å². The van der Waals surface area contributed by atoms with Crippen LogP contribution in [0, 0.1) is 11.3 Å². The third kappa shape index (κ3) is 2.14. The topological polar surface area (TPSA) is 159 Å². The molecule has 2 aliphatic carbocycles. The molecule has 1 aromatic carbocycles. The van der Waals surface area contributed by atoms with Crippen molar-refractivity contribution in [2.75, 3.05) is 0 Å². The molecule has 25 heavy (non-hydrogen) atoms. The van der Waals surface area contributed by atoms with Crippen LogP contribution < -0.4 is 0 Å². The highest BCUT2D eigenvalue weighted by Gasteiger charge is 2.57. The zero-order valence-corrected chi connectivity index (χ0v) is 13.0. The van der Waals surface area contributed by atoms with E-state index in [0.29, 0.717) is 0 Å². The molecule has 3 unspecified atom stereocenters. The van der Waals surface area contributed by atoms with Crippen molar-refractivity contribution < 1.29 is 40.5 Å². The van der Waals surface area contributed by atoms with Gasteiger partial charge in [0.25, 0.3) is 0 Å². The molecule has 0 saturated carbocycles. The number of carbonyl (C=O) groups is 1. The first-order valence-corrected chi connectivity index (χ1v) is 7.31. The van der Waals surface area contributed by atoms with Crippen molar-refractivity contribution in [3.8, 4) is 17.2 Å². The smallest absolute Gasteiger partial charge is 0.178 e. The van der Waals surface area contributed by atoms with E-state index in [1.807, 2.05) is 0 Å². The predicted molar refractivity (Wildman–Crippen MR) is 85.0 cm³/mol. The fourth-order valence-corrected chi connectivity index (χ4v) is 3.27. The van der Waals surface area contributed by atoms with Crippen LogP contribution in [0.1, 0.15) is 12.5 Å². The van der Waals surface area contributed by atoms with Gasteiger partial charge in [-0.1, -0.05) is 0 Å². The van der Waals surface area contributed by atoms with Crippen molar-refractivity contribution in [2.45, 2.75) is 13.0 Å². The summed E-state index contributed by atoms with van der Waals surface area (Å²) in [5, 5.41) is 69.2. The van der Waals surface area contributed by atoms with Crippen molar-refractivity contribution in [2.24, 2.45) is 11.3 Å². The number of phenolic OH excluding ortho intramolecular Hbond substituents is 3. The highest BCUT2D eigenvalue weighted by atomic mass is 16.3. The molecular formula is C17H16O8. The Labute approximate surface area is 141 Å². The van der Waals surface area contributed by atoms with E-state index in [4.69, 9.17) is 0 Å². The summed E-state index contributed by atoms with van der Waals surface area (Å²) >= 11 is 0. The lowest BCUT2D eigenvalue weighted by Gasteiger charge is -2.44. The van der Waals surface area contributed by atoms with Gasteiger partial charge in [-0.05, 0) is 13.0 Å². The largest absolute Gasteiger partial charge is 0.511 e. The van der Waals surface area contributed by atoms with Crippen molar-refractivity contribution in [1.29, 1.82) is 0 Å². The number of aliphatic hydroxyl groups excluding tert-OH is 4. The maximum atomic E-state index is 12.6. The van der Waals surface area contributed by atoms with E-state index in [2.05, 4.69) is 0 Å². The average Bonchev–Trinajstić information content (AvgIpc) is 2.48. The summed E-state index contributed by atoms with van der Waals surface area (Å²) in [6.45, 7) is 1.33. The minimum atomic E-state index is -1.63. The lowest BCUT2D eigenvalue weighted by atomic mass is 9.59. The molecular weight excluding hydrogens is 332 g/mol. The lowest BCUT2D eigenvalue weighted by Crippen LogP contribution is -2.50. The van der Waals surface area contributed by atoms with Gasteiger partial charge in [-0.3, -0.25) is 4.79 Å². The second-order valence-corrected chi connectivity index (χ2v) is 6.27. The van der Waals surface area contributed by atoms with E-state index < -0.39 is 52.0 Å². The summed E-state index contributed by atoms with van der Waals surface area (Å²) < 4.78 is 0. The van der Waals surface area contributed by atoms with Crippen LogP contribution in [-0.4, -0.2) is 47.6 Å². The monoisotopic (exact) mass is 348 g/mol. The van der Waals surface area contributed by atoms with Gasteiger partial charge < -0.3 is 35.7 Å². The molecule has 8 nitrogen and oxygen atoms in total. The molecule has 2 aliphatic rings. The molecule has 0 bridgehead atoms. The van der Waals surface area contributed by atoms with Gasteiger partial charge in [-0.15, -0.1) is 0 Å². The molecule has 132 valence electrons. The molecule has 0 amide bonds. The Morgan fingerprint density at radius 1 is 1.00 bits per heavy atom. The second-order valence-electron chi connectivity index (χ2n) is 6.27. The molecule has 7 N–H and O–H groups in total. The van der Waals surface area contributed by atoms with Crippen LogP contribution in [-0.2, 0) is 4.79 Å². The maximum Gasteiger partial charge on any atom is 0.178 e. The first-order chi connectivity index (χ1) is 11.6. The second kappa shape index (κ2) is 5.18. The summed E-state index contributed by atoms with van der Waals surface area (Å²) in [6.07, 6.45) is 0.520. The Morgan fingerprint density at radius 2 is 1.56 bits per heavy atom. The van der Waals surface area contributed by atoms with Gasteiger partial charge in [0.2, 0.25) is 0 Å². The van der Waals surface area contributed by atoms with Gasteiger partial charge in [0, 0.05) is 18.2 Å². The van der Waals surface area contributed by atoms with Gasteiger partial charge in [0.05, 0.1) is 28.6 Å². The number of ketones is 1. The zero-order valence-electron chi connectivity index (χ0n) is 13.0. The van der Waals surface area contributed by atoms with Crippen LogP contribution in [0.15, 0.2) is 41.6 Å². The van der Waals surface area contributed by atoms with E-state index in [9.17, 15) is 40.5 Å². The molecule has 1 aromatic rings. The molecule has 0 aromatic heterocycles. The first-order valence-electron chi connectivity index (χ1n) is 7.31. The van der Waals surface area contributed by atoms with Crippen molar-refractivity contribution in [3.05, 3.63) is 47.1 Å². The summed E-state index contributed by atoms with van der Waals surface area (Å²) in [5.74, 6) is -5.16. The number of aromatic hydroxyl groups is 3. The van der Waals surface area contributed by atoms with E-state index in [1.54, 1.807) is 0 Å². The Kier molecular flexibility index (Phi) is 3.47. The van der Waals surface area contributed by atoms with Gasteiger partial charge in [0.15, 0.2) is 5.78 Å². The Bertz CT molecular complexity index is 856. The zero-order chi connectivity index (χ0) is 18.7. The van der Waals surface area contributed by atoms with Crippen LogP contribution in [0.25, 0.3) is 5.57 Å². The van der Waals surface area contributed by atoms with Crippen LogP contribution >= 0.6 is 0 Å². The summed E-state index contributed by atoms with van der Waals surface area (Å²) in [5.41, 5.74) is -2.36. The summed E-state index contributed by atoms with van der Waals surface area (Å²) in [4.78, 5) is 12.6. The van der Waals surface area contributed by atoms with E-state index >= 15 is 0 Å². The van der Waals surface area contributed by atoms with Crippen LogP contribution in [0.4, 0.5) is 0 Å². The number of carbonyl (C=O) groups excluding carboxylic acids is 1. The molecule has 3 atom stereocenters. The Morgan fingerprint density at radius 3 is 2.04 bits per heavy atom. The van der Waals surface area contributed by atoms with Crippen LogP contribution in [0.2, 0.25) is 0 Å². The molecule has 0 fully saturated rings. The molecule has 0 aliphatic heterocycles. The van der Waals surface area contributed by atoms with Gasteiger partial charge in [0.1, 0.15) is 34.5 Å². The van der Waals surface area contributed by atoms with Gasteiger partial charge >= 0.3 is 0 Å². The fourth-order valence-electron chi connectivity index (χ4n) is 3.27. The van der Waals surface area contributed by atoms with Crippen LogP contribution in [0.3, 0.4) is 0 Å². The standard InChI is InChI=1S/C17H16O8/c1-17(10(22)4-7(19)5-11(17)23)14-15(24)13(16(14)25)12-8(20)2-6(18)3-9(12)21/h2-5,10,14,18-24H,1H3. The van der Waals surface area contributed by atoms with E-state index in [1.165, 1.54) is 6.92 Å². The van der Waals surface area contributed by atoms with E-state index in [-0.39, 0.29) is 16.9 Å². The Hall–Kier alpha value is -3.13. The molecule has 3 rings (SSSR count). The normalized spacial score (nSPS) is 29.1. The number of hydrogen-bond donors (Lipinski definition) is 7. The number of phenols is 3. The predicted octanol–water partition coefficient (Wildman–Crippen LogP) is 1.54. The molecule has 0 spiro atoms. The quantitative estimate of drug-likeness (QED) is 0.424. The molecule has 0 saturated heterocycles. The molecule has 0 heterocycles. The number of Topliss-reactive ketones (excluding diaryl/α,β-unsaturated/α-hetero) is 1.